The molecule has 128 valence electrons. The summed E-state index contributed by atoms with van der Waals surface area (Å²) in [5.41, 5.74) is 1.52. The van der Waals surface area contributed by atoms with Gasteiger partial charge in [-0.25, -0.2) is 0 Å². The van der Waals surface area contributed by atoms with Gasteiger partial charge in [0, 0.05) is 38.0 Å². The van der Waals surface area contributed by atoms with Crippen molar-refractivity contribution in [3.63, 3.8) is 0 Å². The zero-order valence-corrected chi connectivity index (χ0v) is 13.9. The number of amides is 1. The topological polar surface area (TPSA) is 72.3 Å². The number of hydrogen-bond donors (Lipinski definition) is 1. The molecule has 1 N–H and O–H groups in total. The molecule has 1 aromatic carbocycles. The lowest BCUT2D eigenvalue weighted by atomic mass is 10.1. The molecular weight excluding hydrogens is 306 g/mol. The van der Waals surface area contributed by atoms with Gasteiger partial charge in [-0.1, -0.05) is 6.07 Å². The van der Waals surface area contributed by atoms with Crippen molar-refractivity contribution in [1.82, 2.24) is 25.0 Å². The van der Waals surface area contributed by atoms with Crippen molar-refractivity contribution in [3.05, 3.63) is 42.5 Å². The van der Waals surface area contributed by atoms with Crippen LogP contribution in [0.2, 0.25) is 0 Å². The molecular formula is C17H23N5O2. The minimum absolute atomic E-state index is 0.0414. The van der Waals surface area contributed by atoms with Crippen LogP contribution in [0, 0.1) is 5.92 Å². The molecule has 1 saturated heterocycles. The number of aromatic nitrogens is 3. The number of hydrogen-bond acceptors (Lipinski definition) is 5. The minimum Gasteiger partial charge on any atom is -0.383 e. The van der Waals surface area contributed by atoms with E-state index < -0.39 is 0 Å². The van der Waals surface area contributed by atoms with Gasteiger partial charge in [-0.15, -0.1) is 10.2 Å². The molecule has 0 spiro atoms. The van der Waals surface area contributed by atoms with E-state index in [1.165, 1.54) is 0 Å². The van der Waals surface area contributed by atoms with Crippen LogP contribution < -0.4 is 5.32 Å². The Morgan fingerprint density at radius 3 is 3.00 bits per heavy atom. The van der Waals surface area contributed by atoms with Gasteiger partial charge in [0.05, 0.1) is 6.61 Å². The average molecular weight is 329 g/mol. The van der Waals surface area contributed by atoms with Crippen molar-refractivity contribution in [3.8, 4) is 5.69 Å². The van der Waals surface area contributed by atoms with E-state index in [4.69, 9.17) is 4.74 Å². The second kappa shape index (κ2) is 8.03. The SMILES string of the molecule is COCCN1CC[C@@H](CNC(=O)c2cccc(-n3cnnc3)c2)C1. The summed E-state index contributed by atoms with van der Waals surface area (Å²) < 4.78 is 6.89. The molecule has 0 aliphatic carbocycles. The fraction of sp³-hybridized carbons (Fsp3) is 0.471. The Balaban J connectivity index is 1.52. The Hall–Kier alpha value is -2.25. The van der Waals surface area contributed by atoms with Crippen molar-refractivity contribution < 1.29 is 9.53 Å². The van der Waals surface area contributed by atoms with Crippen LogP contribution in [0.1, 0.15) is 16.8 Å². The summed E-state index contributed by atoms with van der Waals surface area (Å²) in [7, 11) is 1.72. The number of rotatable bonds is 7. The van der Waals surface area contributed by atoms with Crippen LogP contribution in [0.5, 0.6) is 0 Å². The lowest BCUT2D eigenvalue weighted by Crippen LogP contribution is -2.31. The highest BCUT2D eigenvalue weighted by molar-refractivity contribution is 5.94. The molecule has 0 bridgehead atoms. The van der Waals surface area contributed by atoms with Crippen LogP contribution in [-0.2, 0) is 4.74 Å². The predicted molar refractivity (Wildman–Crippen MR) is 90.1 cm³/mol. The fourth-order valence-corrected chi connectivity index (χ4v) is 2.98. The molecule has 3 rings (SSSR count). The van der Waals surface area contributed by atoms with Gasteiger partial charge >= 0.3 is 0 Å². The lowest BCUT2D eigenvalue weighted by molar-refractivity contribution is 0.0946. The number of nitrogens with one attached hydrogen (secondary N) is 1. The quantitative estimate of drug-likeness (QED) is 0.819. The number of likely N-dealkylation sites (tertiary alicyclic amines) is 1. The molecule has 1 aromatic heterocycles. The Kier molecular flexibility index (Phi) is 5.55. The van der Waals surface area contributed by atoms with Gasteiger partial charge in [-0.2, -0.15) is 0 Å². The smallest absolute Gasteiger partial charge is 0.251 e. The van der Waals surface area contributed by atoms with Gasteiger partial charge in [0.25, 0.3) is 5.91 Å². The number of carbonyl (C=O) groups excluding carboxylic acids is 1. The Morgan fingerprint density at radius 2 is 2.21 bits per heavy atom. The van der Waals surface area contributed by atoms with E-state index in [1.54, 1.807) is 24.3 Å². The third-order valence-corrected chi connectivity index (χ3v) is 4.36. The summed E-state index contributed by atoms with van der Waals surface area (Å²) in [6.45, 7) is 4.52. The van der Waals surface area contributed by atoms with Gasteiger partial charge in [-0.05, 0) is 37.1 Å². The first-order valence-electron chi connectivity index (χ1n) is 8.21. The van der Waals surface area contributed by atoms with E-state index in [9.17, 15) is 4.79 Å². The van der Waals surface area contributed by atoms with E-state index in [2.05, 4.69) is 20.4 Å². The molecule has 7 nitrogen and oxygen atoms in total. The van der Waals surface area contributed by atoms with Crippen molar-refractivity contribution in [2.75, 3.05) is 39.9 Å². The number of nitrogens with zero attached hydrogens (tertiary/aromatic N) is 4. The van der Waals surface area contributed by atoms with Crippen LogP contribution in [0.15, 0.2) is 36.9 Å². The van der Waals surface area contributed by atoms with E-state index in [0.717, 1.165) is 38.3 Å². The molecule has 24 heavy (non-hydrogen) atoms. The van der Waals surface area contributed by atoms with Crippen molar-refractivity contribution in [2.45, 2.75) is 6.42 Å². The maximum absolute atomic E-state index is 12.4. The lowest BCUT2D eigenvalue weighted by Gasteiger charge is -2.15. The Morgan fingerprint density at radius 1 is 1.38 bits per heavy atom. The fourth-order valence-electron chi connectivity index (χ4n) is 2.98. The third-order valence-electron chi connectivity index (χ3n) is 4.36. The normalized spacial score (nSPS) is 18.0. The van der Waals surface area contributed by atoms with Crippen LogP contribution in [0.3, 0.4) is 0 Å². The summed E-state index contributed by atoms with van der Waals surface area (Å²) in [6.07, 6.45) is 4.35. The van der Waals surface area contributed by atoms with Gasteiger partial charge in [0.1, 0.15) is 12.7 Å². The summed E-state index contributed by atoms with van der Waals surface area (Å²) in [5.74, 6) is 0.465. The summed E-state index contributed by atoms with van der Waals surface area (Å²) >= 11 is 0. The monoisotopic (exact) mass is 329 g/mol. The first-order valence-corrected chi connectivity index (χ1v) is 8.21. The van der Waals surface area contributed by atoms with Gasteiger partial charge in [0.15, 0.2) is 0 Å². The molecule has 0 saturated carbocycles. The van der Waals surface area contributed by atoms with E-state index >= 15 is 0 Å². The van der Waals surface area contributed by atoms with E-state index in [-0.39, 0.29) is 5.91 Å². The number of ether oxygens (including phenoxy) is 1. The summed E-state index contributed by atoms with van der Waals surface area (Å²) in [6, 6.07) is 7.46. The molecule has 7 heteroatoms. The first-order chi connectivity index (χ1) is 11.8. The average Bonchev–Trinajstić information content (AvgIpc) is 3.30. The maximum atomic E-state index is 12.4. The zero-order valence-electron chi connectivity index (χ0n) is 13.9. The molecule has 1 amide bonds. The molecule has 1 aliphatic rings. The van der Waals surface area contributed by atoms with Crippen LogP contribution >= 0.6 is 0 Å². The molecule has 0 unspecified atom stereocenters. The summed E-state index contributed by atoms with van der Waals surface area (Å²) in [4.78, 5) is 14.8. The van der Waals surface area contributed by atoms with Crippen LogP contribution in [0.4, 0.5) is 0 Å². The molecule has 0 radical (unpaired) electrons. The minimum atomic E-state index is -0.0414. The highest BCUT2D eigenvalue weighted by atomic mass is 16.5. The van der Waals surface area contributed by atoms with Crippen molar-refractivity contribution in [2.24, 2.45) is 5.92 Å². The molecule has 2 aromatic rings. The summed E-state index contributed by atoms with van der Waals surface area (Å²) in [5, 5.41) is 10.6. The highest BCUT2D eigenvalue weighted by Crippen LogP contribution is 2.15. The van der Waals surface area contributed by atoms with E-state index in [0.29, 0.717) is 18.0 Å². The van der Waals surface area contributed by atoms with Crippen LogP contribution in [0.25, 0.3) is 5.69 Å². The molecule has 1 fully saturated rings. The van der Waals surface area contributed by atoms with Gasteiger partial charge in [-0.3, -0.25) is 9.36 Å². The van der Waals surface area contributed by atoms with Crippen molar-refractivity contribution >= 4 is 5.91 Å². The molecule has 2 heterocycles. The van der Waals surface area contributed by atoms with Crippen LogP contribution in [-0.4, -0.2) is 65.5 Å². The Bertz CT molecular complexity index is 659. The van der Waals surface area contributed by atoms with Gasteiger partial charge < -0.3 is 15.0 Å². The first kappa shape index (κ1) is 16.6. The number of benzene rings is 1. The molecule has 1 atom stereocenters. The Labute approximate surface area is 141 Å². The highest BCUT2D eigenvalue weighted by Gasteiger charge is 2.22. The standard InChI is InChI=1S/C17H23N5O2/c1-24-8-7-21-6-5-14(11-21)10-18-17(23)15-3-2-4-16(9-15)22-12-19-20-13-22/h2-4,9,12-14H,5-8,10-11H2,1H3,(H,18,23)/t14-/m0/s1. The predicted octanol–water partition coefficient (Wildman–Crippen LogP) is 0.965. The maximum Gasteiger partial charge on any atom is 0.251 e. The third kappa shape index (κ3) is 4.18. The largest absolute Gasteiger partial charge is 0.383 e. The van der Waals surface area contributed by atoms with Crippen molar-refractivity contribution in [1.29, 1.82) is 0 Å². The second-order valence-electron chi connectivity index (χ2n) is 6.08. The number of methoxy groups -OCH3 is 1. The second-order valence-corrected chi connectivity index (χ2v) is 6.08. The molecule has 1 aliphatic heterocycles. The van der Waals surface area contributed by atoms with Gasteiger partial charge in [0.2, 0.25) is 0 Å². The van der Waals surface area contributed by atoms with E-state index in [1.807, 2.05) is 24.3 Å². The number of carbonyl (C=O) groups is 1. The zero-order chi connectivity index (χ0) is 16.8.